The average Bonchev–Trinajstić information content (AvgIpc) is 2.67. The number of nitrogens with zero attached hydrogens (tertiary/aromatic N) is 1. The zero-order valence-electron chi connectivity index (χ0n) is 10.1. The highest BCUT2D eigenvalue weighted by Crippen LogP contribution is 2.25. The molecule has 1 fully saturated rings. The minimum Gasteiger partial charge on any atom is -0.387 e. The lowest BCUT2D eigenvalue weighted by molar-refractivity contribution is 0.198. The molecule has 0 radical (unpaired) electrons. The number of nitrogens with one attached hydrogen (secondary N) is 2. The molecule has 0 saturated heterocycles. The molecule has 16 heavy (non-hydrogen) atoms. The van der Waals surface area contributed by atoms with E-state index in [1.54, 1.807) is 4.90 Å². The van der Waals surface area contributed by atoms with Gasteiger partial charge in [0.2, 0.25) is 0 Å². The highest BCUT2D eigenvalue weighted by atomic mass is 16.2. The fraction of sp³-hybridized carbons (Fsp3) is 0.818. The molecule has 1 aliphatic carbocycles. The predicted molar refractivity (Wildman–Crippen MR) is 64.5 cm³/mol. The Bertz CT molecular complexity index is 263. The van der Waals surface area contributed by atoms with Crippen LogP contribution in [0.2, 0.25) is 0 Å². The average molecular weight is 226 g/mol. The topological polar surface area (TPSA) is 82.2 Å². The van der Waals surface area contributed by atoms with Crippen LogP contribution in [0.15, 0.2) is 0 Å². The molecular formula is C11H22N4O. The summed E-state index contributed by atoms with van der Waals surface area (Å²) in [5.74, 6) is 0.224. The zero-order chi connectivity index (χ0) is 12.1. The van der Waals surface area contributed by atoms with Crippen molar-refractivity contribution in [2.45, 2.75) is 39.2 Å². The van der Waals surface area contributed by atoms with Gasteiger partial charge in [0.05, 0.1) is 5.84 Å². The van der Waals surface area contributed by atoms with Crippen LogP contribution in [-0.2, 0) is 0 Å². The highest BCUT2D eigenvalue weighted by Gasteiger charge is 2.31. The number of amidine groups is 1. The summed E-state index contributed by atoms with van der Waals surface area (Å²) in [4.78, 5) is 13.6. The monoisotopic (exact) mass is 226 g/mol. The Morgan fingerprint density at radius 3 is 2.56 bits per heavy atom. The molecule has 2 unspecified atom stereocenters. The number of amides is 2. The lowest BCUT2D eigenvalue weighted by Gasteiger charge is -2.25. The summed E-state index contributed by atoms with van der Waals surface area (Å²) < 4.78 is 0. The van der Waals surface area contributed by atoms with Crippen LogP contribution in [0.1, 0.15) is 33.1 Å². The van der Waals surface area contributed by atoms with E-state index >= 15 is 0 Å². The first-order valence-corrected chi connectivity index (χ1v) is 5.99. The van der Waals surface area contributed by atoms with E-state index < -0.39 is 0 Å². The van der Waals surface area contributed by atoms with Crippen LogP contribution in [0.4, 0.5) is 4.79 Å². The number of hydrogen-bond acceptors (Lipinski definition) is 2. The van der Waals surface area contributed by atoms with Gasteiger partial charge in [-0.3, -0.25) is 5.41 Å². The van der Waals surface area contributed by atoms with Gasteiger partial charge in [0.15, 0.2) is 0 Å². The minimum atomic E-state index is -0.0388. The van der Waals surface area contributed by atoms with E-state index in [4.69, 9.17) is 11.1 Å². The number of carbonyl (C=O) groups is 1. The number of hydrogen-bond donors (Lipinski definition) is 3. The van der Waals surface area contributed by atoms with Crippen molar-refractivity contribution in [1.82, 2.24) is 10.2 Å². The summed E-state index contributed by atoms with van der Waals surface area (Å²) in [6, 6.07) is 0.00810. The van der Waals surface area contributed by atoms with Crippen molar-refractivity contribution in [2.75, 3.05) is 13.1 Å². The van der Waals surface area contributed by atoms with Crippen molar-refractivity contribution >= 4 is 11.9 Å². The first-order valence-electron chi connectivity index (χ1n) is 5.99. The molecular weight excluding hydrogens is 204 g/mol. The Balaban J connectivity index is 2.53. The molecule has 1 aliphatic rings. The second-order valence-corrected chi connectivity index (χ2v) is 4.22. The Kier molecular flexibility index (Phi) is 4.58. The summed E-state index contributed by atoms with van der Waals surface area (Å²) in [6.45, 7) is 5.33. The van der Waals surface area contributed by atoms with Crippen LogP contribution < -0.4 is 11.1 Å². The molecule has 0 aromatic heterocycles. The summed E-state index contributed by atoms with van der Waals surface area (Å²) in [5.41, 5.74) is 5.52. The van der Waals surface area contributed by atoms with Gasteiger partial charge in [0.1, 0.15) is 0 Å². The molecule has 0 spiro atoms. The predicted octanol–water partition coefficient (Wildman–Crippen LogP) is 1.14. The van der Waals surface area contributed by atoms with E-state index in [1.807, 2.05) is 13.8 Å². The highest BCUT2D eigenvalue weighted by molar-refractivity contribution is 5.82. The van der Waals surface area contributed by atoms with Crippen molar-refractivity contribution < 1.29 is 4.79 Å². The maximum absolute atomic E-state index is 11.8. The van der Waals surface area contributed by atoms with E-state index in [0.29, 0.717) is 13.1 Å². The summed E-state index contributed by atoms with van der Waals surface area (Å²) in [7, 11) is 0. The number of carbonyl (C=O) groups excluding carboxylic acids is 1. The number of nitrogens with two attached hydrogens (primary N) is 1. The Hall–Kier alpha value is -1.26. The molecule has 92 valence electrons. The van der Waals surface area contributed by atoms with Crippen molar-refractivity contribution in [2.24, 2.45) is 11.7 Å². The quantitative estimate of drug-likeness (QED) is 0.496. The summed E-state index contributed by atoms with van der Waals surface area (Å²) in [5, 5.41) is 10.5. The summed E-state index contributed by atoms with van der Waals surface area (Å²) >= 11 is 0. The molecule has 2 atom stereocenters. The van der Waals surface area contributed by atoms with Gasteiger partial charge in [-0.1, -0.05) is 6.42 Å². The molecule has 0 aliphatic heterocycles. The fourth-order valence-corrected chi connectivity index (χ4v) is 2.27. The van der Waals surface area contributed by atoms with Gasteiger partial charge in [0.25, 0.3) is 0 Å². The molecule has 2 amide bonds. The second-order valence-electron chi connectivity index (χ2n) is 4.22. The van der Waals surface area contributed by atoms with Gasteiger partial charge < -0.3 is 16.0 Å². The van der Waals surface area contributed by atoms with Gasteiger partial charge in [-0.05, 0) is 26.7 Å². The van der Waals surface area contributed by atoms with Crippen molar-refractivity contribution in [1.29, 1.82) is 5.41 Å². The van der Waals surface area contributed by atoms with Crippen LogP contribution in [0, 0.1) is 11.3 Å². The van der Waals surface area contributed by atoms with E-state index in [1.165, 1.54) is 0 Å². The zero-order valence-corrected chi connectivity index (χ0v) is 10.1. The SMILES string of the molecule is CCN(CC)C(=O)NC1CCCC1C(=N)N. The third-order valence-corrected chi connectivity index (χ3v) is 3.27. The Morgan fingerprint density at radius 2 is 2.06 bits per heavy atom. The molecule has 5 nitrogen and oxygen atoms in total. The van der Waals surface area contributed by atoms with E-state index in [0.717, 1.165) is 19.3 Å². The number of rotatable bonds is 4. The molecule has 0 aromatic carbocycles. The van der Waals surface area contributed by atoms with Crippen LogP contribution in [0.5, 0.6) is 0 Å². The first-order chi connectivity index (χ1) is 7.60. The molecule has 1 rings (SSSR count). The molecule has 0 bridgehead atoms. The van der Waals surface area contributed by atoms with Gasteiger partial charge in [-0.15, -0.1) is 0 Å². The van der Waals surface area contributed by atoms with Gasteiger partial charge in [0, 0.05) is 25.0 Å². The Labute approximate surface area is 96.9 Å². The van der Waals surface area contributed by atoms with Crippen LogP contribution >= 0.6 is 0 Å². The van der Waals surface area contributed by atoms with Gasteiger partial charge >= 0.3 is 6.03 Å². The normalized spacial score (nSPS) is 24.1. The smallest absolute Gasteiger partial charge is 0.317 e. The number of urea groups is 1. The fourth-order valence-electron chi connectivity index (χ4n) is 2.27. The van der Waals surface area contributed by atoms with Crippen molar-refractivity contribution in [3.63, 3.8) is 0 Å². The van der Waals surface area contributed by atoms with Gasteiger partial charge in [-0.2, -0.15) is 0 Å². The Morgan fingerprint density at radius 1 is 1.44 bits per heavy atom. The third-order valence-electron chi connectivity index (χ3n) is 3.27. The first kappa shape index (κ1) is 12.8. The molecule has 0 aromatic rings. The molecule has 0 heterocycles. The van der Waals surface area contributed by atoms with Gasteiger partial charge in [-0.25, -0.2) is 4.79 Å². The lowest BCUT2D eigenvalue weighted by Crippen LogP contribution is -2.48. The van der Waals surface area contributed by atoms with Crippen LogP contribution in [0.25, 0.3) is 0 Å². The maximum atomic E-state index is 11.8. The van der Waals surface area contributed by atoms with Crippen molar-refractivity contribution in [3.05, 3.63) is 0 Å². The van der Waals surface area contributed by atoms with E-state index in [9.17, 15) is 4.79 Å². The van der Waals surface area contributed by atoms with E-state index in [-0.39, 0.29) is 23.8 Å². The van der Waals surface area contributed by atoms with Crippen LogP contribution in [0.3, 0.4) is 0 Å². The maximum Gasteiger partial charge on any atom is 0.317 e. The van der Waals surface area contributed by atoms with Crippen LogP contribution in [-0.4, -0.2) is 35.9 Å². The lowest BCUT2D eigenvalue weighted by atomic mass is 10.0. The second kappa shape index (κ2) is 5.72. The van der Waals surface area contributed by atoms with E-state index in [2.05, 4.69) is 5.32 Å². The largest absolute Gasteiger partial charge is 0.387 e. The standard InChI is InChI=1S/C11H22N4O/c1-3-15(4-2)11(16)14-9-7-5-6-8(9)10(12)13/h8-9H,3-7H2,1-2H3,(H3,12,13)(H,14,16). The minimum absolute atomic E-state index is 0.0273. The molecule has 4 N–H and O–H groups in total. The molecule has 5 heteroatoms. The van der Waals surface area contributed by atoms with Crippen molar-refractivity contribution in [3.8, 4) is 0 Å². The summed E-state index contributed by atoms with van der Waals surface area (Å²) in [6.07, 6.45) is 2.88. The third kappa shape index (κ3) is 2.87. The molecule has 1 saturated carbocycles.